The highest BCUT2D eigenvalue weighted by Crippen LogP contribution is 2.25. The fraction of sp³-hybridized carbons (Fsp3) is 0.409. The maximum atomic E-state index is 12.2. The molecule has 3 aromatic rings. The molecule has 1 saturated heterocycles. The first-order valence-electron chi connectivity index (χ1n) is 9.92. The second-order valence-electron chi connectivity index (χ2n) is 7.54. The first kappa shape index (κ1) is 19.4. The Morgan fingerprint density at radius 1 is 1.21 bits per heavy atom. The monoisotopic (exact) mass is 394 g/mol. The van der Waals surface area contributed by atoms with Crippen molar-refractivity contribution < 1.29 is 13.9 Å². The Bertz CT molecular complexity index is 1030. The number of nitrogens with zero attached hydrogens (tertiary/aromatic N) is 3. The summed E-state index contributed by atoms with van der Waals surface area (Å²) in [4.78, 5) is 16.8. The van der Waals surface area contributed by atoms with Crippen molar-refractivity contribution >= 4 is 11.6 Å². The largest absolute Gasteiger partial charge is 0.441 e. The number of benzene rings is 1. The molecule has 1 N–H and O–H groups in total. The van der Waals surface area contributed by atoms with Gasteiger partial charge in [-0.25, -0.2) is 4.98 Å². The average Bonchev–Trinajstić information content (AvgIpc) is 3.42. The lowest BCUT2D eigenvalue weighted by Gasteiger charge is -2.10. The van der Waals surface area contributed by atoms with Crippen LogP contribution in [0.2, 0.25) is 0 Å². The van der Waals surface area contributed by atoms with E-state index in [1.165, 1.54) is 5.56 Å². The first-order valence-corrected chi connectivity index (χ1v) is 9.92. The summed E-state index contributed by atoms with van der Waals surface area (Å²) in [7, 11) is 0. The van der Waals surface area contributed by atoms with Crippen LogP contribution >= 0.6 is 0 Å². The van der Waals surface area contributed by atoms with Crippen LogP contribution in [0.25, 0.3) is 11.5 Å². The minimum Gasteiger partial charge on any atom is -0.441 e. The Balaban J connectivity index is 1.48. The van der Waals surface area contributed by atoms with Crippen molar-refractivity contribution in [1.82, 2.24) is 14.8 Å². The van der Waals surface area contributed by atoms with E-state index in [0.29, 0.717) is 19.0 Å². The van der Waals surface area contributed by atoms with Crippen LogP contribution in [-0.2, 0) is 16.1 Å². The van der Waals surface area contributed by atoms with E-state index >= 15 is 0 Å². The number of hydrogen-bond donors (Lipinski definition) is 1. The van der Waals surface area contributed by atoms with Crippen LogP contribution in [0, 0.1) is 27.7 Å². The first-order chi connectivity index (χ1) is 13.9. The third kappa shape index (κ3) is 3.96. The Morgan fingerprint density at radius 2 is 1.97 bits per heavy atom. The maximum absolute atomic E-state index is 12.2. The predicted octanol–water partition coefficient (Wildman–Crippen LogP) is 3.94. The molecule has 1 aliphatic heterocycles. The van der Waals surface area contributed by atoms with Gasteiger partial charge in [0.2, 0.25) is 5.89 Å². The van der Waals surface area contributed by atoms with Crippen molar-refractivity contribution in [2.45, 2.75) is 53.2 Å². The van der Waals surface area contributed by atoms with Gasteiger partial charge in [-0.2, -0.15) is 5.10 Å². The van der Waals surface area contributed by atoms with Crippen LogP contribution in [-0.4, -0.2) is 33.4 Å². The number of aryl methyl sites for hydroxylation is 2. The molecule has 1 fully saturated rings. The summed E-state index contributed by atoms with van der Waals surface area (Å²) in [5, 5.41) is 7.48. The molecule has 1 unspecified atom stereocenters. The third-order valence-electron chi connectivity index (χ3n) is 5.56. The Hall–Kier alpha value is -2.93. The lowest BCUT2D eigenvalue weighted by molar-refractivity contribution is -0.124. The molecule has 2 aromatic heterocycles. The minimum absolute atomic E-state index is 0.0929. The van der Waals surface area contributed by atoms with Crippen molar-refractivity contribution in [3.63, 3.8) is 0 Å². The highest BCUT2D eigenvalue weighted by molar-refractivity contribution is 5.94. The molecule has 152 valence electrons. The minimum atomic E-state index is -0.343. The van der Waals surface area contributed by atoms with E-state index in [4.69, 9.17) is 9.15 Å². The maximum Gasteiger partial charge on any atom is 0.253 e. The van der Waals surface area contributed by atoms with Crippen molar-refractivity contribution in [2.75, 3.05) is 11.9 Å². The molecule has 0 spiro atoms. The fourth-order valence-corrected chi connectivity index (χ4v) is 3.48. The van der Waals surface area contributed by atoms with Gasteiger partial charge in [0.15, 0.2) is 0 Å². The standard InChI is InChI=1S/C22H26N4O3/c1-13-14(2)25-26(15(13)3)12-19-16(4)29-22(24-19)17-7-9-18(10-8-17)23-21(27)20-6-5-11-28-20/h7-10,20H,5-6,11-12H2,1-4H3,(H,23,27). The molecule has 1 aromatic carbocycles. The number of nitrogens with one attached hydrogen (secondary N) is 1. The summed E-state index contributed by atoms with van der Waals surface area (Å²) >= 11 is 0. The van der Waals surface area contributed by atoms with Crippen LogP contribution in [0.1, 0.15) is 41.2 Å². The summed E-state index contributed by atoms with van der Waals surface area (Å²) in [6.45, 7) is 9.30. The van der Waals surface area contributed by atoms with Crippen molar-refractivity contribution in [1.29, 1.82) is 0 Å². The van der Waals surface area contributed by atoms with Gasteiger partial charge < -0.3 is 14.5 Å². The van der Waals surface area contributed by atoms with Gasteiger partial charge in [0.05, 0.1) is 12.2 Å². The SMILES string of the molecule is Cc1nn(Cc2nc(-c3ccc(NC(=O)C4CCCO4)cc3)oc2C)c(C)c1C. The molecule has 0 saturated carbocycles. The highest BCUT2D eigenvalue weighted by Gasteiger charge is 2.23. The van der Waals surface area contributed by atoms with Crippen LogP contribution in [0.3, 0.4) is 0 Å². The van der Waals surface area contributed by atoms with Gasteiger partial charge in [-0.1, -0.05) is 0 Å². The van der Waals surface area contributed by atoms with Gasteiger partial charge >= 0.3 is 0 Å². The lowest BCUT2D eigenvalue weighted by atomic mass is 10.2. The van der Waals surface area contributed by atoms with Crippen LogP contribution in [0.5, 0.6) is 0 Å². The summed E-state index contributed by atoms with van der Waals surface area (Å²) in [5.41, 5.74) is 5.82. The van der Waals surface area contributed by atoms with E-state index in [1.807, 2.05) is 42.8 Å². The number of aromatic nitrogens is 3. The van der Waals surface area contributed by atoms with Gasteiger partial charge in [-0.3, -0.25) is 9.48 Å². The van der Waals surface area contributed by atoms with Crippen LogP contribution < -0.4 is 5.32 Å². The lowest BCUT2D eigenvalue weighted by Crippen LogP contribution is -2.26. The zero-order chi connectivity index (χ0) is 20.5. The second-order valence-corrected chi connectivity index (χ2v) is 7.54. The van der Waals surface area contributed by atoms with E-state index in [-0.39, 0.29) is 12.0 Å². The smallest absolute Gasteiger partial charge is 0.253 e. The average molecular weight is 394 g/mol. The van der Waals surface area contributed by atoms with Crippen LogP contribution in [0.15, 0.2) is 28.7 Å². The van der Waals surface area contributed by atoms with Gasteiger partial charge in [0, 0.05) is 23.6 Å². The third-order valence-corrected chi connectivity index (χ3v) is 5.56. The number of carbonyl (C=O) groups is 1. The number of oxazole rings is 1. The quantitative estimate of drug-likeness (QED) is 0.709. The molecule has 1 atom stereocenters. The molecule has 0 radical (unpaired) electrons. The summed E-state index contributed by atoms with van der Waals surface area (Å²) in [5.74, 6) is 1.25. The number of rotatable bonds is 5. The summed E-state index contributed by atoms with van der Waals surface area (Å²) in [6, 6.07) is 7.50. The fourth-order valence-electron chi connectivity index (χ4n) is 3.48. The Kier molecular flexibility index (Phi) is 5.24. The molecule has 0 bridgehead atoms. The zero-order valence-electron chi connectivity index (χ0n) is 17.3. The molecule has 7 nitrogen and oxygen atoms in total. The van der Waals surface area contributed by atoms with E-state index in [9.17, 15) is 4.79 Å². The number of anilines is 1. The topological polar surface area (TPSA) is 82.2 Å². The number of amides is 1. The molecule has 0 aliphatic carbocycles. The molecular weight excluding hydrogens is 368 g/mol. The molecule has 4 rings (SSSR count). The van der Waals surface area contributed by atoms with Gasteiger partial charge in [-0.05, 0) is 70.4 Å². The zero-order valence-corrected chi connectivity index (χ0v) is 17.3. The molecule has 1 amide bonds. The van der Waals surface area contributed by atoms with Gasteiger partial charge in [0.25, 0.3) is 5.91 Å². The molecular formula is C22H26N4O3. The van der Waals surface area contributed by atoms with Crippen molar-refractivity contribution in [3.8, 4) is 11.5 Å². The van der Waals surface area contributed by atoms with E-state index in [1.54, 1.807) is 0 Å². The molecule has 1 aliphatic rings. The number of ether oxygens (including phenoxy) is 1. The molecule has 7 heteroatoms. The van der Waals surface area contributed by atoms with Crippen molar-refractivity contribution in [2.24, 2.45) is 0 Å². The normalized spacial score (nSPS) is 16.3. The number of hydrogen-bond acceptors (Lipinski definition) is 5. The Morgan fingerprint density at radius 3 is 2.59 bits per heavy atom. The molecule has 29 heavy (non-hydrogen) atoms. The molecule has 3 heterocycles. The van der Waals surface area contributed by atoms with E-state index < -0.39 is 0 Å². The van der Waals surface area contributed by atoms with Crippen LogP contribution in [0.4, 0.5) is 5.69 Å². The van der Waals surface area contributed by atoms with E-state index in [2.05, 4.69) is 29.2 Å². The van der Waals surface area contributed by atoms with E-state index in [0.717, 1.165) is 46.9 Å². The number of carbonyl (C=O) groups excluding carboxylic acids is 1. The van der Waals surface area contributed by atoms with Gasteiger partial charge in [0.1, 0.15) is 17.6 Å². The van der Waals surface area contributed by atoms with Crippen molar-refractivity contribution in [3.05, 3.63) is 52.7 Å². The summed E-state index contributed by atoms with van der Waals surface area (Å²) < 4.78 is 13.3. The Labute approximate surface area is 170 Å². The summed E-state index contributed by atoms with van der Waals surface area (Å²) in [6.07, 6.45) is 1.36. The predicted molar refractivity (Wildman–Crippen MR) is 110 cm³/mol. The highest BCUT2D eigenvalue weighted by atomic mass is 16.5. The van der Waals surface area contributed by atoms with Gasteiger partial charge in [-0.15, -0.1) is 0 Å². The second kappa shape index (κ2) is 7.83.